The quantitative estimate of drug-likeness (QED) is 0.784. The summed E-state index contributed by atoms with van der Waals surface area (Å²) >= 11 is 11.8. The van der Waals surface area contributed by atoms with E-state index in [0.29, 0.717) is 10.7 Å². The van der Waals surface area contributed by atoms with E-state index in [1.807, 2.05) is 0 Å². The average Bonchev–Trinajstić information content (AvgIpc) is 2.64. The number of anilines is 1. The molecule has 2 rings (SSSR count). The van der Waals surface area contributed by atoms with Crippen LogP contribution in [0.3, 0.4) is 0 Å². The Bertz CT molecular complexity index is 602. The van der Waals surface area contributed by atoms with E-state index in [4.69, 9.17) is 33.9 Å². The van der Waals surface area contributed by atoms with Crippen molar-refractivity contribution in [3.05, 3.63) is 28.2 Å². The Morgan fingerprint density at radius 2 is 1.94 bits per heavy atom. The van der Waals surface area contributed by atoms with E-state index >= 15 is 0 Å². The van der Waals surface area contributed by atoms with Crippen LogP contribution in [-0.2, 0) is 13.8 Å². The maximum Gasteiger partial charge on any atom is 0.237 e. The van der Waals surface area contributed by atoms with Crippen molar-refractivity contribution in [2.45, 2.75) is 11.7 Å². The second-order valence-corrected chi connectivity index (χ2v) is 7.57. The number of rotatable bonds is 2. The summed E-state index contributed by atoms with van der Waals surface area (Å²) in [4.78, 5) is 13.1. The molecule has 1 aromatic carbocycles. The van der Waals surface area contributed by atoms with Crippen LogP contribution < -0.4 is 4.90 Å². The topological polar surface area (TPSA) is 54.5 Å². The van der Waals surface area contributed by atoms with Gasteiger partial charge in [-0.2, -0.15) is 0 Å². The summed E-state index contributed by atoms with van der Waals surface area (Å²) < 4.78 is 22.5. The number of hydrogen-bond donors (Lipinski definition) is 0. The van der Waals surface area contributed by atoms with E-state index in [-0.39, 0.29) is 23.9 Å². The van der Waals surface area contributed by atoms with Gasteiger partial charge in [0.05, 0.1) is 15.7 Å². The first-order valence-corrected chi connectivity index (χ1v) is 8.11. The minimum absolute atomic E-state index is 0.00920. The molecule has 1 saturated heterocycles. The van der Waals surface area contributed by atoms with Crippen LogP contribution in [0.5, 0.6) is 0 Å². The zero-order valence-electron chi connectivity index (χ0n) is 8.94. The fraction of sp³-hybridized carbons (Fsp3) is 0.300. The number of halogens is 3. The van der Waals surface area contributed by atoms with Gasteiger partial charge in [0.1, 0.15) is 5.25 Å². The summed E-state index contributed by atoms with van der Waals surface area (Å²) in [5.74, 6) is -0.339. The molecule has 1 unspecified atom stereocenters. The highest BCUT2D eigenvalue weighted by molar-refractivity contribution is 8.14. The Hall–Kier alpha value is -0.490. The molecule has 1 fully saturated rings. The van der Waals surface area contributed by atoms with Gasteiger partial charge in [0.25, 0.3) is 0 Å². The van der Waals surface area contributed by atoms with Crippen LogP contribution in [0.4, 0.5) is 5.69 Å². The molecule has 1 amide bonds. The molecule has 98 valence electrons. The smallest absolute Gasteiger partial charge is 0.237 e. The summed E-state index contributed by atoms with van der Waals surface area (Å²) in [5.41, 5.74) is 0.400. The van der Waals surface area contributed by atoms with Crippen molar-refractivity contribution < 1.29 is 13.2 Å². The van der Waals surface area contributed by atoms with Crippen molar-refractivity contribution in [2.75, 3.05) is 11.4 Å². The maximum absolute atomic E-state index is 11.8. The molecule has 1 heterocycles. The first kappa shape index (κ1) is 13.9. The summed E-state index contributed by atoms with van der Waals surface area (Å²) in [5, 5.41) is -0.388. The molecule has 1 atom stereocenters. The molecule has 0 bridgehead atoms. The lowest BCUT2D eigenvalue weighted by atomic mass is 10.3. The molecule has 8 heteroatoms. The van der Waals surface area contributed by atoms with Crippen LogP contribution in [0.25, 0.3) is 0 Å². The van der Waals surface area contributed by atoms with Crippen LogP contribution in [0.15, 0.2) is 18.2 Å². The average molecular weight is 329 g/mol. The van der Waals surface area contributed by atoms with Gasteiger partial charge >= 0.3 is 0 Å². The van der Waals surface area contributed by atoms with Crippen molar-refractivity contribution in [3.63, 3.8) is 0 Å². The highest BCUT2D eigenvalue weighted by Crippen LogP contribution is 2.35. The molecular weight excluding hydrogens is 321 g/mol. The van der Waals surface area contributed by atoms with Crippen LogP contribution in [0, 0.1) is 0 Å². The normalized spacial score (nSPS) is 20.5. The van der Waals surface area contributed by atoms with Gasteiger partial charge in [0.15, 0.2) is 0 Å². The second kappa shape index (κ2) is 4.89. The maximum atomic E-state index is 11.8. The molecule has 0 spiro atoms. The van der Waals surface area contributed by atoms with Crippen LogP contribution in [0.2, 0.25) is 10.0 Å². The minimum Gasteiger partial charge on any atom is -0.309 e. The van der Waals surface area contributed by atoms with E-state index in [2.05, 4.69) is 0 Å². The molecule has 1 aromatic rings. The third kappa shape index (κ3) is 2.59. The van der Waals surface area contributed by atoms with Gasteiger partial charge in [-0.1, -0.05) is 29.3 Å². The third-order valence-electron chi connectivity index (χ3n) is 2.71. The Kier molecular flexibility index (Phi) is 3.78. The second-order valence-electron chi connectivity index (χ2n) is 3.88. The summed E-state index contributed by atoms with van der Waals surface area (Å²) in [6.45, 7) is -0.00920. The Labute approximate surface area is 119 Å². The molecular formula is C10H8Cl3NO3S. The number of amides is 1. The number of nitrogens with zero attached hydrogens (tertiary/aromatic N) is 1. The fourth-order valence-corrected chi connectivity index (χ4v) is 3.22. The number of hydrogen-bond acceptors (Lipinski definition) is 3. The van der Waals surface area contributed by atoms with E-state index in [0.717, 1.165) is 0 Å². The van der Waals surface area contributed by atoms with E-state index < -0.39 is 14.3 Å². The zero-order chi connectivity index (χ0) is 13.5. The number of carbonyl (C=O) groups excluding carboxylic acids is 1. The Morgan fingerprint density at radius 3 is 2.50 bits per heavy atom. The zero-order valence-corrected chi connectivity index (χ0v) is 12.0. The number of benzene rings is 1. The van der Waals surface area contributed by atoms with Crippen molar-refractivity contribution in [3.8, 4) is 0 Å². The monoisotopic (exact) mass is 327 g/mol. The lowest BCUT2D eigenvalue weighted by Crippen LogP contribution is -2.27. The molecule has 0 radical (unpaired) electrons. The first-order chi connectivity index (χ1) is 8.30. The first-order valence-electron chi connectivity index (χ1n) is 4.98. The van der Waals surface area contributed by atoms with E-state index in [1.165, 1.54) is 4.90 Å². The van der Waals surface area contributed by atoms with Crippen molar-refractivity contribution in [1.82, 2.24) is 0 Å². The standard InChI is InChI=1S/C10H8Cl3NO3S/c11-7-2-1-3-8(10(7)12)14-5-6(4-9(14)15)18(13,16)17/h1-3,6H,4-5H2. The molecule has 1 aliphatic rings. The highest BCUT2D eigenvalue weighted by atomic mass is 35.7. The number of carbonyl (C=O) groups is 1. The lowest BCUT2D eigenvalue weighted by Gasteiger charge is -2.18. The largest absolute Gasteiger partial charge is 0.309 e. The predicted molar refractivity (Wildman–Crippen MR) is 72.0 cm³/mol. The Morgan fingerprint density at radius 1 is 1.28 bits per heavy atom. The third-order valence-corrected chi connectivity index (χ3v) is 5.39. The molecule has 0 aliphatic carbocycles. The molecule has 0 N–H and O–H groups in total. The molecule has 0 saturated carbocycles. The lowest BCUT2D eigenvalue weighted by molar-refractivity contribution is -0.117. The molecule has 4 nitrogen and oxygen atoms in total. The van der Waals surface area contributed by atoms with Gasteiger partial charge in [0, 0.05) is 23.6 Å². The Balaban J connectivity index is 2.36. The van der Waals surface area contributed by atoms with Gasteiger partial charge in [-0.25, -0.2) is 8.42 Å². The van der Waals surface area contributed by atoms with Crippen LogP contribution >= 0.6 is 33.9 Å². The van der Waals surface area contributed by atoms with Crippen LogP contribution in [-0.4, -0.2) is 26.1 Å². The van der Waals surface area contributed by atoms with Crippen molar-refractivity contribution in [2.24, 2.45) is 0 Å². The van der Waals surface area contributed by atoms with Crippen LogP contribution in [0.1, 0.15) is 6.42 Å². The fourth-order valence-electron chi connectivity index (χ4n) is 1.80. The summed E-state index contributed by atoms with van der Waals surface area (Å²) in [6.07, 6.45) is -0.144. The minimum atomic E-state index is -3.77. The molecule has 1 aliphatic heterocycles. The van der Waals surface area contributed by atoms with Gasteiger partial charge in [-0.05, 0) is 12.1 Å². The predicted octanol–water partition coefficient (Wildman–Crippen LogP) is 2.67. The van der Waals surface area contributed by atoms with Gasteiger partial charge in [-0.3, -0.25) is 4.79 Å². The highest BCUT2D eigenvalue weighted by Gasteiger charge is 2.38. The molecule has 0 aromatic heterocycles. The van der Waals surface area contributed by atoms with Crippen molar-refractivity contribution >= 4 is 54.5 Å². The SMILES string of the molecule is O=C1CC(S(=O)(=O)Cl)CN1c1cccc(Cl)c1Cl. The van der Waals surface area contributed by atoms with Gasteiger partial charge < -0.3 is 4.90 Å². The summed E-state index contributed by atoms with van der Waals surface area (Å²) in [6, 6.07) is 4.83. The van der Waals surface area contributed by atoms with E-state index in [1.54, 1.807) is 18.2 Å². The van der Waals surface area contributed by atoms with E-state index in [9.17, 15) is 13.2 Å². The summed E-state index contributed by atoms with van der Waals surface area (Å²) in [7, 11) is 1.50. The van der Waals surface area contributed by atoms with Gasteiger partial charge in [-0.15, -0.1) is 0 Å². The molecule has 18 heavy (non-hydrogen) atoms. The van der Waals surface area contributed by atoms with Gasteiger partial charge in [0.2, 0.25) is 15.0 Å². The van der Waals surface area contributed by atoms with Crippen molar-refractivity contribution in [1.29, 1.82) is 0 Å².